The number of nitrogens with zero attached hydrogens (tertiary/aromatic N) is 2. The molecule has 2 aromatic rings. The second-order valence-corrected chi connectivity index (χ2v) is 22.0. The molecule has 12 heteroatoms. The average Bonchev–Trinajstić information content (AvgIpc) is 3.79. The Hall–Kier alpha value is -3.26. The number of aliphatic hydroxyl groups excluding tert-OH is 2. The largest absolute Gasteiger partial charge is 0.482 e. The molecule has 4 N–H and O–H groups in total. The Balaban J connectivity index is 0.623. The molecule has 2 spiro atoms. The zero-order chi connectivity index (χ0) is 43.6. The standard InChI is InChI=1S/C52H68N2O10/c55-35-19-21-51(59)39-27-33-15-17-37(45-43(33)49(51,47(35)63-45)23-25-53(39)29-31-9-7-10-31)61-41(57)13-5-3-1-2-4-6-14-42(58)62-38-18-16-34-28-40-52(60)22-20-36(56)48-50(52,44(34)46(38)64-48)24-26-54(40)30-32-11-8-12-32/h15-18,31-32,35-36,39-40,47-48,55-56,59-60H,1-14,19-30H2/t35?,36?,39?,40?,47?,48?,49?,50?,51-,52+. The highest BCUT2D eigenvalue weighted by Gasteiger charge is 2.74. The van der Waals surface area contributed by atoms with E-state index >= 15 is 0 Å². The van der Waals surface area contributed by atoms with Crippen molar-refractivity contribution in [2.75, 3.05) is 26.2 Å². The van der Waals surface area contributed by atoms with Crippen molar-refractivity contribution >= 4 is 11.9 Å². The van der Waals surface area contributed by atoms with Gasteiger partial charge in [0, 0.05) is 49.1 Å². The minimum Gasteiger partial charge on any atom is -0.482 e. The van der Waals surface area contributed by atoms with E-state index in [1.54, 1.807) is 0 Å². The number of piperidine rings is 2. The number of ether oxygens (including phenoxy) is 4. The summed E-state index contributed by atoms with van der Waals surface area (Å²) in [5, 5.41) is 47.9. The number of esters is 2. The highest BCUT2D eigenvalue weighted by molar-refractivity contribution is 5.76. The summed E-state index contributed by atoms with van der Waals surface area (Å²) in [4.78, 5) is 31.5. The lowest BCUT2D eigenvalue weighted by molar-refractivity contribution is -0.209. The molecule has 12 nitrogen and oxygen atoms in total. The molecule has 0 amide bonds. The van der Waals surface area contributed by atoms with Crippen molar-refractivity contribution in [2.45, 2.75) is 200 Å². The fraction of sp³-hybridized carbons (Fsp3) is 0.731. The molecule has 6 aliphatic carbocycles. The van der Waals surface area contributed by atoms with Gasteiger partial charge in [0.1, 0.15) is 12.2 Å². The maximum absolute atomic E-state index is 13.2. The van der Waals surface area contributed by atoms with Gasteiger partial charge in [0.15, 0.2) is 23.0 Å². The van der Waals surface area contributed by atoms with Crippen molar-refractivity contribution in [3.05, 3.63) is 46.5 Å². The van der Waals surface area contributed by atoms with Crippen molar-refractivity contribution in [1.82, 2.24) is 9.80 Å². The van der Waals surface area contributed by atoms with Crippen LogP contribution in [0.3, 0.4) is 0 Å². The van der Waals surface area contributed by atoms with Gasteiger partial charge in [-0.25, -0.2) is 0 Å². The third-order valence-electron chi connectivity index (χ3n) is 18.9. The number of hydrogen-bond acceptors (Lipinski definition) is 12. The zero-order valence-corrected chi connectivity index (χ0v) is 37.4. The van der Waals surface area contributed by atoms with E-state index in [4.69, 9.17) is 18.9 Å². The van der Waals surface area contributed by atoms with Gasteiger partial charge in [-0.2, -0.15) is 0 Å². The van der Waals surface area contributed by atoms with Crippen LogP contribution in [-0.2, 0) is 33.3 Å². The van der Waals surface area contributed by atoms with Gasteiger partial charge in [0.25, 0.3) is 0 Å². The molecule has 4 bridgehead atoms. The quantitative estimate of drug-likeness (QED) is 0.0949. The van der Waals surface area contributed by atoms with E-state index in [-0.39, 0.29) is 36.9 Å². The zero-order valence-electron chi connectivity index (χ0n) is 37.4. The third-order valence-corrected chi connectivity index (χ3v) is 18.9. The Morgan fingerprint density at radius 3 is 1.42 bits per heavy atom. The first-order valence-electron chi connectivity index (χ1n) is 25.4. The van der Waals surface area contributed by atoms with Crippen LogP contribution in [0.1, 0.15) is 151 Å². The summed E-state index contributed by atoms with van der Waals surface area (Å²) in [5.74, 6) is 2.67. The second-order valence-electron chi connectivity index (χ2n) is 22.0. The van der Waals surface area contributed by atoms with Gasteiger partial charge >= 0.3 is 11.9 Å². The monoisotopic (exact) mass is 880 g/mol. The number of aliphatic hydroxyl groups is 4. The lowest BCUT2D eigenvalue weighted by atomic mass is 9.48. The van der Waals surface area contributed by atoms with Crippen molar-refractivity contribution < 1.29 is 49.0 Å². The van der Waals surface area contributed by atoms with Crippen LogP contribution in [0.15, 0.2) is 24.3 Å². The number of benzene rings is 2. The van der Waals surface area contributed by atoms with E-state index in [9.17, 15) is 30.0 Å². The first-order chi connectivity index (χ1) is 31.0. The molecule has 10 aliphatic rings. The van der Waals surface area contributed by atoms with Crippen molar-refractivity contribution in [3.63, 3.8) is 0 Å². The number of likely N-dealkylation sites (tertiary alicyclic amines) is 2. The SMILES string of the molecule is O=C(CCCCCCCCC(=O)Oc1ccc2c3c1OC1C(O)CC[C@]4(O)C(C2)N(CC2CCC2)CCC314)Oc1ccc2c3c1OC1C(O)CC[C@@]4(O)C(C2)N(CC2CCC2)CCC314. The van der Waals surface area contributed by atoms with E-state index in [1.807, 2.05) is 12.1 Å². The molecule has 0 radical (unpaired) electrons. The molecule has 4 heterocycles. The highest BCUT2D eigenvalue weighted by Crippen LogP contribution is 2.67. The topological polar surface area (TPSA) is 158 Å². The van der Waals surface area contributed by atoms with Crippen LogP contribution in [0.4, 0.5) is 0 Å². The lowest BCUT2D eigenvalue weighted by Crippen LogP contribution is -2.77. The predicted molar refractivity (Wildman–Crippen MR) is 236 cm³/mol. The molecule has 64 heavy (non-hydrogen) atoms. The highest BCUT2D eigenvalue weighted by atomic mass is 16.6. The number of unbranched alkanes of at least 4 members (excludes halogenated alkanes) is 5. The Bertz CT molecular complexity index is 2040. The van der Waals surface area contributed by atoms with E-state index in [0.717, 1.165) is 99.8 Å². The van der Waals surface area contributed by atoms with E-state index < -0.39 is 46.4 Å². The summed E-state index contributed by atoms with van der Waals surface area (Å²) in [6.45, 7) is 3.79. The maximum atomic E-state index is 13.2. The Kier molecular flexibility index (Phi) is 10.3. The van der Waals surface area contributed by atoms with Gasteiger partial charge in [-0.05, 0) is 138 Å². The van der Waals surface area contributed by atoms with Gasteiger partial charge in [-0.1, -0.05) is 50.7 Å². The molecular weight excluding hydrogens is 813 g/mol. The van der Waals surface area contributed by atoms with Crippen LogP contribution in [0.25, 0.3) is 0 Å². The molecule has 4 aliphatic heterocycles. The fourth-order valence-corrected chi connectivity index (χ4v) is 15.4. The van der Waals surface area contributed by atoms with Gasteiger partial charge in [-0.15, -0.1) is 0 Å². The molecule has 8 unspecified atom stereocenters. The van der Waals surface area contributed by atoms with Gasteiger partial charge in [0.2, 0.25) is 0 Å². The van der Waals surface area contributed by atoms with Gasteiger partial charge in [0.05, 0.1) is 34.2 Å². The smallest absolute Gasteiger partial charge is 0.311 e. The fourth-order valence-electron chi connectivity index (χ4n) is 15.4. The first kappa shape index (κ1) is 42.1. The van der Waals surface area contributed by atoms with Crippen LogP contribution in [0, 0.1) is 11.8 Å². The van der Waals surface area contributed by atoms with Crippen molar-refractivity contribution in [2.24, 2.45) is 11.8 Å². The Labute approximate surface area is 377 Å². The van der Waals surface area contributed by atoms with Crippen molar-refractivity contribution in [1.29, 1.82) is 0 Å². The lowest BCUT2D eigenvalue weighted by Gasteiger charge is -2.64. The average molecular weight is 881 g/mol. The van der Waals surface area contributed by atoms with Crippen LogP contribution in [0.5, 0.6) is 23.0 Å². The Morgan fingerprint density at radius 2 is 1.02 bits per heavy atom. The normalized spacial score (nSPS) is 37.7. The maximum Gasteiger partial charge on any atom is 0.311 e. The molecule has 10 atom stereocenters. The molecule has 12 rings (SSSR count). The van der Waals surface area contributed by atoms with Gasteiger partial charge < -0.3 is 39.4 Å². The summed E-state index contributed by atoms with van der Waals surface area (Å²) < 4.78 is 25.2. The van der Waals surface area contributed by atoms with Crippen LogP contribution >= 0.6 is 0 Å². The summed E-state index contributed by atoms with van der Waals surface area (Å²) >= 11 is 0. The van der Waals surface area contributed by atoms with Crippen LogP contribution in [0.2, 0.25) is 0 Å². The van der Waals surface area contributed by atoms with E-state index in [0.29, 0.717) is 73.4 Å². The number of hydrogen-bond donors (Lipinski definition) is 4. The molecule has 2 aromatic carbocycles. The molecule has 2 saturated heterocycles. The third kappa shape index (κ3) is 6.06. The molecule has 4 saturated carbocycles. The van der Waals surface area contributed by atoms with E-state index in [2.05, 4.69) is 21.9 Å². The molecule has 6 fully saturated rings. The van der Waals surface area contributed by atoms with Gasteiger partial charge in [-0.3, -0.25) is 19.4 Å². The van der Waals surface area contributed by atoms with Crippen molar-refractivity contribution in [3.8, 4) is 23.0 Å². The molecule has 346 valence electrons. The Morgan fingerprint density at radius 1 is 0.594 bits per heavy atom. The summed E-state index contributed by atoms with van der Waals surface area (Å²) in [6, 6.07) is 7.81. The predicted octanol–water partition coefficient (Wildman–Crippen LogP) is 5.95. The number of carbonyl (C=O) groups is 2. The summed E-state index contributed by atoms with van der Waals surface area (Å²) in [7, 11) is 0. The minimum absolute atomic E-state index is 0.00767. The molecular formula is C52H68N2O10. The second kappa shape index (κ2) is 15.7. The van der Waals surface area contributed by atoms with Crippen LogP contribution < -0.4 is 18.9 Å². The number of rotatable bonds is 15. The summed E-state index contributed by atoms with van der Waals surface area (Å²) in [5.41, 5.74) is 0.815. The van der Waals surface area contributed by atoms with E-state index in [1.165, 1.54) is 38.5 Å². The summed E-state index contributed by atoms with van der Waals surface area (Å²) in [6.07, 6.45) is 15.7. The molecule has 0 aromatic heterocycles. The van der Waals surface area contributed by atoms with Crippen LogP contribution in [-0.4, -0.2) is 116 Å². The first-order valence-corrected chi connectivity index (χ1v) is 25.4. The minimum atomic E-state index is -0.997. The number of carbonyl (C=O) groups excluding carboxylic acids is 2.